The van der Waals surface area contributed by atoms with Gasteiger partial charge in [-0.3, -0.25) is 14.9 Å². The first kappa shape index (κ1) is 14.4. The predicted molar refractivity (Wildman–Crippen MR) is 65.0 cm³/mol. The summed E-state index contributed by atoms with van der Waals surface area (Å²) < 4.78 is 0. The molecule has 0 aromatic carbocycles. The van der Waals surface area contributed by atoms with E-state index in [2.05, 4.69) is 15.6 Å². The molecule has 1 amide bonds. The van der Waals surface area contributed by atoms with Crippen LogP contribution in [0.3, 0.4) is 0 Å². The lowest BCUT2D eigenvalue weighted by Crippen LogP contribution is -2.35. The first-order valence-electron chi connectivity index (χ1n) is 5.23. The molecule has 0 aliphatic heterocycles. The normalized spacial score (nSPS) is 11.5. The molecule has 1 unspecified atom stereocenters. The number of carboxylic acid groups (broad SMARTS) is 1. The highest BCUT2D eigenvalue weighted by atomic mass is 16.6. The second-order valence-corrected chi connectivity index (χ2v) is 3.61. The fourth-order valence-corrected chi connectivity index (χ4v) is 1.31. The van der Waals surface area contributed by atoms with Gasteiger partial charge in [0.2, 0.25) is 11.7 Å². The van der Waals surface area contributed by atoms with Gasteiger partial charge in [0.15, 0.2) is 5.69 Å². The summed E-state index contributed by atoms with van der Waals surface area (Å²) in [6, 6.07) is 1.26. The van der Waals surface area contributed by atoms with Crippen molar-refractivity contribution in [3.8, 4) is 0 Å². The van der Waals surface area contributed by atoms with Crippen LogP contribution < -0.4 is 10.6 Å². The Kier molecular flexibility index (Phi) is 4.35. The number of amides is 1. The Morgan fingerprint density at radius 1 is 1.47 bits per heavy atom. The van der Waals surface area contributed by atoms with Crippen molar-refractivity contribution in [2.75, 3.05) is 12.4 Å². The van der Waals surface area contributed by atoms with Crippen molar-refractivity contribution in [1.29, 1.82) is 0 Å². The largest absolute Gasteiger partial charge is 0.477 e. The Morgan fingerprint density at radius 2 is 2.11 bits per heavy atom. The summed E-state index contributed by atoms with van der Waals surface area (Å²) in [6.45, 7) is 1.47. The molecule has 0 aliphatic carbocycles. The number of nitrogens with zero attached hydrogens (tertiary/aromatic N) is 2. The zero-order valence-corrected chi connectivity index (χ0v) is 10.2. The Hall–Kier alpha value is -2.71. The Bertz CT molecular complexity index is 531. The average molecular weight is 268 g/mol. The smallest absolute Gasteiger partial charge is 0.354 e. The van der Waals surface area contributed by atoms with Crippen LogP contribution in [-0.4, -0.2) is 40.0 Å². The first-order valence-corrected chi connectivity index (χ1v) is 5.23. The van der Waals surface area contributed by atoms with Crippen LogP contribution in [0, 0.1) is 10.1 Å². The summed E-state index contributed by atoms with van der Waals surface area (Å²) in [5.41, 5.74) is -0.752. The summed E-state index contributed by atoms with van der Waals surface area (Å²) in [4.78, 5) is 35.8. The standard InChI is InChI=1S/C10H12N4O5/c1-5(9(15)11-2)12-8-7(14(18)19)4-3-6(13-8)10(16)17/h3-5H,1-2H3,(H,11,15)(H,12,13)(H,16,17). The lowest BCUT2D eigenvalue weighted by atomic mass is 10.2. The molecule has 1 heterocycles. The molecule has 1 atom stereocenters. The van der Waals surface area contributed by atoms with Gasteiger partial charge in [0.05, 0.1) is 4.92 Å². The molecular weight excluding hydrogens is 256 g/mol. The van der Waals surface area contributed by atoms with Gasteiger partial charge in [-0.15, -0.1) is 0 Å². The van der Waals surface area contributed by atoms with Crippen LogP contribution in [0.2, 0.25) is 0 Å². The molecular formula is C10H12N4O5. The highest BCUT2D eigenvalue weighted by Gasteiger charge is 2.21. The molecule has 1 aromatic rings. The number of carbonyl (C=O) groups excluding carboxylic acids is 1. The lowest BCUT2D eigenvalue weighted by molar-refractivity contribution is -0.384. The Labute approximate surface area is 107 Å². The molecule has 102 valence electrons. The molecule has 9 nitrogen and oxygen atoms in total. The summed E-state index contributed by atoms with van der Waals surface area (Å²) in [5, 5.41) is 24.5. The molecule has 1 aromatic heterocycles. The van der Waals surface area contributed by atoms with Crippen LogP contribution in [0.4, 0.5) is 11.5 Å². The SMILES string of the molecule is CNC(=O)C(C)Nc1nc(C(=O)O)ccc1[N+](=O)[O-]. The highest BCUT2D eigenvalue weighted by molar-refractivity contribution is 5.87. The van der Waals surface area contributed by atoms with Crippen molar-refractivity contribution in [1.82, 2.24) is 10.3 Å². The fourth-order valence-electron chi connectivity index (χ4n) is 1.31. The molecule has 0 saturated heterocycles. The quantitative estimate of drug-likeness (QED) is 0.514. The third kappa shape index (κ3) is 3.37. The molecule has 3 N–H and O–H groups in total. The molecule has 19 heavy (non-hydrogen) atoms. The van der Waals surface area contributed by atoms with E-state index < -0.39 is 28.5 Å². The topological polar surface area (TPSA) is 134 Å². The predicted octanol–water partition coefficient (Wildman–Crippen LogP) is 0.234. The molecule has 9 heteroatoms. The summed E-state index contributed by atoms with van der Waals surface area (Å²) in [6.07, 6.45) is 0. The van der Waals surface area contributed by atoms with E-state index in [4.69, 9.17) is 5.11 Å². The lowest BCUT2D eigenvalue weighted by Gasteiger charge is -2.13. The number of nitro groups is 1. The van der Waals surface area contributed by atoms with Gasteiger partial charge in [0, 0.05) is 13.1 Å². The van der Waals surface area contributed by atoms with E-state index in [9.17, 15) is 19.7 Å². The minimum absolute atomic E-state index is 0.263. The number of hydrogen-bond donors (Lipinski definition) is 3. The van der Waals surface area contributed by atoms with Crippen LogP contribution in [0.1, 0.15) is 17.4 Å². The van der Waals surface area contributed by atoms with E-state index in [0.717, 1.165) is 12.1 Å². The number of rotatable bonds is 5. The van der Waals surface area contributed by atoms with E-state index in [1.54, 1.807) is 0 Å². The maximum absolute atomic E-state index is 11.3. The van der Waals surface area contributed by atoms with E-state index in [0.29, 0.717) is 0 Å². The van der Waals surface area contributed by atoms with E-state index in [1.165, 1.54) is 14.0 Å². The van der Waals surface area contributed by atoms with Gasteiger partial charge in [-0.25, -0.2) is 9.78 Å². The minimum Gasteiger partial charge on any atom is -0.477 e. The second-order valence-electron chi connectivity index (χ2n) is 3.61. The Morgan fingerprint density at radius 3 is 2.58 bits per heavy atom. The fraction of sp³-hybridized carbons (Fsp3) is 0.300. The zero-order valence-electron chi connectivity index (χ0n) is 10.2. The number of carbonyl (C=O) groups is 2. The van der Waals surface area contributed by atoms with Gasteiger partial charge < -0.3 is 15.7 Å². The molecule has 0 bridgehead atoms. The van der Waals surface area contributed by atoms with Gasteiger partial charge in [0.25, 0.3) is 0 Å². The molecule has 0 radical (unpaired) electrons. The minimum atomic E-state index is -1.31. The molecule has 0 spiro atoms. The van der Waals surface area contributed by atoms with Gasteiger partial charge >= 0.3 is 11.7 Å². The van der Waals surface area contributed by atoms with E-state index in [1.807, 2.05) is 0 Å². The molecule has 0 fully saturated rings. The number of carboxylic acids is 1. The van der Waals surface area contributed by atoms with Gasteiger partial charge in [-0.05, 0) is 13.0 Å². The van der Waals surface area contributed by atoms with Crippen molar-refractivity contribution in [2.24, 2.45) is 0 Å². The van der Waals surface area contributed by atoms with Gasteiger partial charge in [-0.1, -0.05) is 0 Å². The van der Waals surface area contributed by atoms with Crippen molar-refractivity contribution >= 4 is 23.4 Å². The Balaban J connectivity index is 3.14. The van der Waals surface area contributed by atoms with Crippen molar-refractivity contribution in [2.45, 2.75) is 13.0 Å². The number of nitrogens with one attached hydrogen (secondary N) is 2. The van der Waals surface area contributed by atoms with Crippen molar-refractivity contribution in [3.05, 3.63) is 27.9 Å². The maximum Gasteiger partial charge on any atom is 0.354 e. The number of aromatic carboxylic acids is 1. The molecule has 0 saturated carbocycles. The maximum atomic E-state index is 11.3. The van der Waals surface area contributed by atoms with Gasteiger partial charge in [0.1, 0.15) is 6.04 Å². The monoisotopic (exact) mass is 268 g/mol. The third-order valence-electron chi connectivity index (χ3n) is 2.28. The third-order valence-corrected chi connectivity index (χ3v) is 2.28. The average Bonchev–Trinajstić information content (AvgIpc) is 2.37. The van der Waals surface area contributed by atoms with Crippen molar-refractivity contribution in [3.63, 3.8) is 0 Å². The zero-order chi connectivity index (χ0) is 14.6. The van der Waals surface area contributed by atoms with Crippen molar-refractivity contribution < 1.29 is 19.6 Å². The van der Waals surface area contributed by atoms with E-state index >= 15 is 0 Å². The van der Waals surface area contributed by atoms with Gasteiger partial charge in [-0.2, -0.15) is 0 Å². The molecule has 1 rings (SSSR count). The van der Waals surface area contributed by atoms with Crippen LogP contribution in [-0.2, 0) is 4.79 Å². The summed E-state index contributed by atoms with van der Waals surface area (Å²) >= 11 is 0. The number of anilines is 1. The van der Waals surface area contributed by atoms with E-state index in [-0.39, 0.29) is 11.5 Å². The van der Waals surface area contributed by atoms with Crippen LogP contribution >= 0.6 is 0 Å². The van der Waals surface area contributed by atoms with Crippen LogP contribution in [0.15, 0.2) is 12.1 Å². The van der Waals surface area contributed by atoms with Crippen LogP contribution in [0.5, 0.6) is 0 Å². The number of pyridine rings is 1. The summed E-state index contributed by atoms with van der Waals surface area (Å²) in [5.74, 6) is -1.98. The highest BCUT2D eigenvalue weighted by Crippen LogP contribution is 2.22. The number of likely N-dealkylation sites (N-methyl/N-ethyl adjacent to an activating group) is 1. The number of aromatic nitrogens is 1. The summed E-state index contributed by atoms with van der Waals surface area (Å²) in [7, 11) is 1.41. The van der Waals surface area contributed by atoms with Crippen LogP contribution in [0.25, 0.3) is 0 Å². The second kappa shape index (κ2) is 5.76. The molecule has 0 aliphatic rings. The first-order chi connectivity index (χ1) is 8.86. The number of hydrogen-bond acceptors (Lipinski definition) is 6.